The van der Waals surface area contributed by atoms with Crippen molar-refractivity contribution in [1.29, 1.82) is 0 Å². The van der Waals surface area contributed by atoms with Crippen LogP contribution in [0.5, 0.6) is 0 Å². The summed E-state index contributed by atoms with van der Waals surface area (Å²) in [6.45, 7) is 7.76. The number of hydrazine groups is 2. The average molecular weight is 353 g/mol. The molecule has 7 nitrogen and oxygen atoms in total. The minimum absolute atomic E-state index is 0.0994. The topological polar surface area (TPSA) is 71.7 Å². The van der Waals surface area contributed by atoms with Crippen molar-refractivity contribution in [3.63, 3.8) is 0 Å². The number of amides is 1. The van der Waals surface area contributed by atoms with Crippen molar-refractivity contribution in [2.75, 3.05) is 31.5 Å². The third kappa shape index (κ3) is 3.99. The van der Waals surface area contributed by atoms with Crippen molar-refractivity contribution < 1.29 is 4.79 Å². The number of carbonyl (C=O) groups excluding carboxylic acids is 1. The highest BCUT2D eigenvalue weighted by atomic mass is 35.5. The molecule has 2 saturated heterocycles. The van der Waals surface area contributed by atoms with E-state index in [0.29, 0.717) is 11.1 Å². The van der Waals surface area contributed by atoms with Crippen molar-refractivity contribution in [2.45, 2.75) is 32.1 Å². The summed E-state index contributed by atoms with van der Waals surface area (Å²) in [4.78, 5) is 17.2. The summed E-state index contributed by atoms with van der Waals surface area (Å²) in [5.41, 5.74) is 9.83. The standard InChI is InChI=1S/C16H25ClN6O/c1-11(2)22-7-9-23(10-8-22)16(24)14-15(20-21-19-14)18-13-5-3-12(17)4-6-13/h3-6,11,14-15,18-21H,7-10H2,1-2H3. The molecule has 0 saturated carbocycles. The second-order valence-corrected chi connectivity index (χ2v) is 6.91. The Labute approximate surface area is 147 Å². The summed E-state index contributed by atoms with van der Waals surface area (Å²) in [7, 11) is 0. The lowest BCUT2D eigenvalue weighted by atomic mass is 10.1. The van der Waals surface area contributed by atoms with Gasteiger partial charge in [-0.3, -0.25) is 9.69 Å². The molecule has 0 aliphatic carbocycles. The van der Waals surface area contributed by atoms with Crippen LogP contribution in [0, 0.1) is 0 Å². The molecule has 3 rings (SSSR count). The first-order valence-electron chi connectivity index (χ1n) is 8.35. The third-order valence-electron chi connectivity index (χ3n) is 4.58. The van der Waals surface area contributed by atoms with Gasteiger partial charge in [0.15, 0.2) is 0 Å². The maximum Gasteiger partial charge on any atom is 0.244 e. The fourth-order valence-corrected chi connectivity index (χ4v) is 3.19. The lowest BCUT2D eigenvalue weighted by molar-refractivity contribution is -0.135. The highest BCUT2D eigenvalue weighted by molar-refractivity contribution is 6.30. The van der Waals surface area contributed by atoms with Crippen LogP contribution in [0.4, 0.5) is 5.69 Å². The number of halogens is 1. The van der Waals surface area contributed by atoms with Crippen LogP contribution in [0.3, 0.4) is 0 Å². The lowest BCUT2D eigenvalue weighted by Crippen LogP contribution is -2.57. The molecule has 0 radical (unpaired) electrons. The van der Waals surface area contributed by atoms with Gasteiger partial charge in [0.05, 0.1) is 0 Å². The smallest absolute Gasteiger partial charge is 0.244 e. The summed E-state index contributed by atoms with van der Waals surface area (Å²) in [6.07, 6.45) is -0.234. The molecule has 2 aliphatic heterocycles. The molecule has 2 aliphatic rings. The molecule has 1 amide bonds. The van der Waals surface area contributed by atoms with Crippen LogP contribution < -0.4 is 21.7 Å². The SMILES string of the molecule is CC(C)N1CCN(C(=O)C2NNNC2Nc2ccc(Cl)cc2)CC1. The zero-order chi connectivity index (χ0) is 17.1. The van der Waals surface area contributed by atoms with Gasteiger partial charge in [-0.05, 0) is 38.1 Å². The van der Waals surface area contributed by atoms with E-state index in [4.69, 9.17) is 11.6 Å². The van der Waals surface area contributed by atoms with E-state index in [1.54, 1.807) is 0 Å². The zero-order valence-electron chi connectivity index (χ0n) is 14.1. The van der Waals surface area contributed by atoms with Gasteiger partial charge >= 0.3 is 0 Å². The number of piperazine rings is 1. The van der Waals surface area contributed by atoms with Gasteiger partial charge in [-0.1, -0.05) is 11.6 Å². The van der Waals surface area contributed by atoms with Gasteiger partial charge in [-0.25, -0.2) is 10.9 Å². The molecular formula is C16H25ClN6O. The van der Waals surface area contributed by atoms with Crippen molar-refractivity contribution in [1.82, 2.24) is 26.2 Å². The molecule has 24 heavy (non-hydrogen) atoms. The number of nitrogens with zero attached hydrogens (tertiary/aromatic N) is 2. The van der Waals surface area contributed by atoms with Gasteiger partial charge in [0, 0.05) is 42.9 Å². The molecular weight excluding hydrogens is 328 g/mol. The molecule has 1 aromatic rings. The monoisotopic (exact) mass is 352 g/mol. The Morgan fingerprint density at radius 1 is 1.17 bits per heavy atom. The molecule has 0 bridgehead atoms. The van der Waals surface area contributed by atoms with Crippen LogP contribution in [0.25, 0.3) is 0 Å². The lowest BCUT2D eigenvalue weighted by Gasteiger charge is -2.38. The maximum absolute atomic E-state index is 12.8. The quantitative estimate of drug-likeness (QED) is 0.636. The number of hydrogen-bond donors (Lipinski definition) is 4. The summed E-state index contributed by atoms with van der Waals surface area (Å²) >= 11 is 5.91. The predicted octanol–water partition coefficient (Wildman–Crippen LogP) is 0.612. The molecule has 0 spiro atoms. The Kier molecular flexibility index (Phi) is 5.57. The summed E-state index contributed by atoms with van der Waals surface area (Å²) < 4.78 is 0. The second kappa shape index (κ2) is 7.67. The Balaban J connectivity index is 1.58. The molecule has 1 aromatic carbocycles. The van der Waals surface area contributed by atoms with Crippen molar-refractivity contribution >= 4 is 23.2 Å². The van der Waals surface area contributed by atoms with Gasteiger partial charge in [0.1, 0.15) is 12.2 Å². The molecule has 4 N–H and O–H groups in total. The van der Waals surface area contributed by atoms with Gasteiger partial charge in [-0.15, -0.1) is 0 Å². The normalized spacial score (nSPS) is 25.2. The molecule has 0 aromatic heterocycles. The Morgan fingerprint density at radius 2 is 1.83 bits per heavy atom. The van der Waals surface area contributed by atoms with E-state index >= 15 is 0 Å². The van der Waals surface area contributed by atoms with Crippen molar-refractivity contribution in [3.05, 3.63) is 29.3 Å². The zero-order valence-corrected chi connectivity index (χ0v) is 14.8. The van der Waals surface area contributed by atoms with Crippen LogP contribution in [0.2, 0.25) is 5.02 Å². The van der Waals surface area contributed by atoms with E-state index in [0.717, 1.165) is 31.9 Å². The minimum Gasteiger partial charge on any atom is -0.367 e. The Morgan fingerprint density at radius 3 is 2.46 bits per heavy atom. The second-order valence-electron chi connectivity index (χ2n) is 6.48. The van der Waals surface area contributed by atoms with E-state index < -0.39 is 0 Å². The van der Waals surface area contributed by atoms with Gasteiger partial charge < -0.3 is 10.2 Å². The van der Waals surface area contributed by atoms with Crippen molar-refractivity contribution in [2.24, 2.45) is 0 Å². The largest absolute Gasteiger partial charge is 0.367 e. The van der Waals surface area contributed by atoms with Crippen LogP contribution >= 0.6 is 11.6 Å². The Bertz CT molecular complexity index is 558. The van der Waals surface area contributed by atoms with E-state index in [-0.39, 0.29) is 18.1 Å². The molecule has 8 heteroatoms. The highest BCUT2D eigenvalue weighted by Gasteiger charge is 2.36. The first-order chi connectivity index (χ1) is 11.5. The predicted molar refractivity (Wildman–Crippen MR) is 95.3 cm³/mol. The molecule has 2 heterocycles. The first kappa shape index (κ1) is 17.4. The van der Waals surface area contributed by atoms with Gasteiger partial charge in [0.25, 0.3) is 0 Å². The maximum atomic E-state index is 12.8. The van der Waals surface area contributed by atoms with E-state index in [1.165, 1.54) is 0 Å². The summed E-state index contributed by atoms with van der Waals surface area (Å²) in [5, 5.41) is 4.00. The van der Waals surface area contributed by atoms with Crippen LogP contribution in [-0.4, -0.2) is 60.1 Å². The minimum atomic E-state index is -0.369. The number of anilines is 1. The van der Waals surface area contributed by atoms with Gasteiger partial charge in [0.2, 0.25) is 5.91 Å². The van der Waals surface area contributed by atoms with E-state index in [2.05, 4.69) is 40.5 Å². The third-order valence-corrected chi connectivity index (χ3v) is 4.83. The number of rotatable bonds is 4. The van der Waals surface area contributed by atoms with Gasteiger partial charge in [-0.2, -0.15) is 5.53 Å². The summed E-state index contributed by atoms with van der Waals surface area (Å²) in [5.74, 6) is 0.0994. The first-order valence-corrected chi connectivity index (χ1v) is 8.73. The summed E-state index contributed by atoms with van der Waals surface area (Å²) in [6, 6.07) is 7.58. The highest BCUT2D eigenvalue weighted by Crippen LogP contribution is 2.16. The fourth-order valence-electron chi connectivity index (χ4n) is 3.07. The fraction of sp³-hybridized carbons (Fsp3) is 0.562. The van der Waals surface area contributed by atoms with Crippen LogP contribution in [-0.2, 0) is 4.79 Å². The van der Waals surface area contributed by atoms with E-state index in [9.17, 15) is 4.79 Å². The molecule has 132 valence electrons. The van der Waals surface area contributed by atoms with Crippen molar-refractivity contribution in [3.8, 4) is 0 Å². The van der Waals surface area contributed by atoms with Crippen LogP contribution in [0.1, 0.15) is 13.8 Å². The van der Waals surface area contributed by atoms with Crippen LogP contribution in [0.15, 0.2) is 24.3 Å². The number of hydrogen-bond acceptors (Lipinski definition) is 6. The molecule has 2 unspecified atom stereocenters. The molecule has 2 fully saturated rings. The average Bonchev–Trinajstić information content (AvgIpc) is 3.04. The molecule has 2 atom stereocenters. The van der Waals surface area contributed by atoms with E-state index in [1.807, 2.05) is 29.2 Å². The Hall–Kier alpha value is -1.38. The number of nitrogens with one attached hydrogen (secondary N) is 4. The number of benzene rings is 1. The number of carbonyl (C=O) groups is 1.